The molecule has 0 N–H and O–H groups in total. The second-order valence-corrected chi connectivity index (χ2v) is 6.53. The average Bonchev–Trinajstić information content (AvgIpc) is 2.55. The molecule has 120 valence electrons. The number of halogens is 2. The van der Waals surface area contributed by atoms with Crippen molar-refractivity contribution in [3.63, 3.8) is 0 Å². The van der Waals surface area contributed by atoms with Gasteiger partial charge in [-0.3, -0.25) is 4.79 Å². The van der Waals surface area contributed by atoms with E-state index in [9.17, 15) is 4.79 Å². The Hall–Kier alpha value is -2.16. The first-order valence-electron chi connectivity index (χ1n) is 7.49. The monoisotopic (exact) mass is 355 g/mol. The van der Waals surface area contributed by atoms with Crippen molar-refractivity contribution in [1.29, 1.82) is 0 Å². The van der Waals surface area contributed by atoms with Crippen molar-refractivity contribution in [1.82, 2.24) is 4.98 Å². The molecule has 0 bridgehead atoms. The number of allylic oxidation sites excluding steroid dienone is 1. The quantitative estimate of drug-likeness (QED) is 0.321. The molecule has 4 heteroatoms. The summed E-state index contributed by atoms with van der Waals surface area (Å²) >= 11 is 12.2. The van der Waals surface area contributed by atoms with E-state index in [0.717, 1.165) is 22.0 Å². The lowest BCUT2D eigenvalue weighted by Gasteiger charge is -2.06. The second kappa shape index (κ2) is 6.76. The van der Waals surface area contributed by atoms with Gasteiger partial charge in [0.2, 0.25) is 0 Å². The third-order valence-corrected chi connectivity index (χ3v) is 4.31. The molecule has 3 aromatic rings. The molecule has 0 aliphatic rings. The molecule has 0 aliphatic carbocycles. The third kappa shape index (κ3) is 3.50. The van der Waals surface area contributed by atoms with Crippen molar-refractivity contribution in [2.45, 2.75) is 13.8 Å². The molecule has 1 heterocycles. The summed E-state index contributed by atoms with van der Waals surface area (Å²) < 4.78 is 0. The molecule has 1 aromatic heterocycles. The zero-order valence-corrected chi connectivity index (χ0v) is 14.8. The number of carbonyl (C=O) groups excluding carboxylic acids is 1. The predicted octanol–water partition coefficient (Wildman–Crippen LogP) is 6.14. The molecule has 0 unspecified atom stereocenters. The van der Waals surface area contributed by atoms with Crippen LogP contribution in [0.5, 0.6) is 0 Å². The van der Waals surface area contributed by atoms with Gasteiger partial charge in [-0.15, -0.1) is 0 Å². The van der Waals surface area contributed by atoms with E-state index in [-0.39, 0.29) is 5.78 Å². The number of fused-ring (bicyclic) bond motifs is 1. The van der Waals surface area contributed by atoms with Crippen molar-refractivity contribution in [3.05, 3.63) is 81.0 Å². The molecular formula is C20H15Cl2NO. The van der Waals surface area contributed by atoms with Gasteiger partial charge in [-0.25, -0.2) is 4.98 Å². The van der Waals surface area contributed by atoms with Crippen LogP contribution in [0.4, 0.5) is 0 Å². The number of ketones is 1. The van der Waals surface area contributed by atoms with Gasteiger partial charge < -0.3 is 0 Å². The minimum Gasteiger partial charge on any atom is -0.289 e. The zero-order valence-electron chi connectivity index (χ0n) is 13.3. The van der Waals surface area contributed by atoms with E-state index in [0.29, 0.717) is 21.3 Å². The molecule has 0 radical (unpaired) electrons. The van der Waals surface area contributed by atoms with Crippen molar-refractivity contribution in [2.24, 2.45) is 0 Å². The van der Waals surface area contributed by atoms with Gasteiger partial charge in [0.25, 0.3) is 0 Å². The SMILES string of the molecule is C/C(=C\c1cc2ccc(C)cc2nc1Cl)C(=O)c1cccc(Cl)c1. The molecule has 0 amide bonds. The number of nitrogens with zero attached hydrogens (tertiary/aromatic N) is 1. The van der Waals surface area contributed by atoms with Crippen LogP contribution < -0.4 is 0 Å². The van der Waals surface area contributed by atoms with Gasteiger partial charge in [0.05, 0.1) is 5.52 Å². The third-order valence-electron chi connectivity index (χ3n) is 3.77. The topological polar surface area (TPSA) is 30.0 Å². The summed E-state index contributed by atoms with van der Waals surface area (Å²) in [5.41, 5.74) is 3.82. The van der Waals surface area contributed by atoms with Crippen LogP contribution in [0, 0.1) is 6.92 Å². The lowest BCUT2D eigenvalue weighted by molar-refractivity contribution is 0.103. The molecule has 2 nitrogen and oxygen atoms in total. The first kappa shape index (κ1) is 16.7. The summed E-state index contributed by atoms with van der Waals surface area (Å²) in [6.45, 7) is 3.77. The lowest BCUT2D eigenvalue weighted by Crippen LogP contribution is -2.00. The Morgan fingerprint density at radius 1 is 1.08 bits per heavy atom. The van der Waals surface area contributed by atoms with E-state index in [1.165, 1.54) is 0 Å². The number of hydrogen-bond donors (Lipinski definition) is 0. The van der Waals surface area contributed by atoms with Crippen LogP contribution in [0.1, 0.15) is 28.4 Å². The highest BCUT2D eigenvalue weighted by Gasteiger charge is 2.10. The first-order chi connectivity index (χ1) is 11.4. The maximum absolute atomic E-state index is 12.5. The highest BCUT2D eigenvalue weighted by molar-refractivity contribution is 6.32. The molecule has 0 fully saturated rings. The summed E-state index contributed by atoms with van der Waals surface area (Å²) in [5.74, 6) is -0.0856. The number of rotatable bonds is 3. The van der Waals surface area contributed by atoms with Crippen LogP contribution in [0.15, 0.2) is 54.1 Å². The largest absolute Gasteiger partial charge is 0.289 e. The van der Waals surface area contributed by atoms with Crippen LogP contribution >= 0.6 is 23.2 Å². The number of aryl methyl sites for hydroxylation is 1. The number of carbonyl (C=O) groups is 1. The summed E-state index contributed by atoms with van der Waals surface area (Å²) in [7, 11) is 0. The van der Waals surface area contributed by atoms with Gasteiger partial charge in [-0.05, 0) is 55.3 Å². The summed E-state index contributed by atoms with van der Waals surface area (Å²) in [6.07, 6.45) is 1.76. The van der Waals surface area contributed by atoms with E-state index in [4.69, 9.17) is 23.2 Å². The maximum Gasteiger partial charge on any atom is 0.188 e. The van der Waals surface area contributed by atoms with E-state index in [2.05, 4.69) is 4.98 Å². The zero-order chi connectivity index (χ0) is 17.3. The Kier molecular flexibility index (Phi) is 4.70. The minimum atomic E-state index is -0.0856. The van der Waals surface area contributed by atoms with E-state index < -0.39 is 0 Å². The number of aromatic nitrogens is 1. The van der Waals surface area contributed by atoms with Crippen molar-refractivity contribution in [2.75, 3.05) is 0 Å². The van der Waals surface area contributed by atoms with Gasteiger partial charge in [-0.1, -0.05) is 47.5 Å². The minimum absolute atomic E-state index is 0.0856. The van der Waals surface area contributed by atoms with Crippen LogP contribution in [0.25, 0.3) is 17.0 Å². The van der Waals surface area contributed by atoms with Crippen LogP contribution in [-0.2, 0) is 0 Å². The van der Waals surface area contributed by atoms with E-state index in [1.807, 2.05) is 31.2 Å². The van der Waals surface area contributed by atoms with Crippen molar-refractivity contribution >= 4 is 46.0 Å². The number of pyridine rings is 1. The predicted molar refractivity (Wildman–Crippen MR) is 101 cm³/mol. The molecule has 3 rings (SSSR count). The Morgan fingerprint density at radius 2 is 1.88 bits per heavy atom. The molecule has 24 heavy (non-hydrogen) atoms. The first-order valence-corrected chi connectivity index (χ1v) is 8.25. The molecule has 2 aromatic carbocycles. The highest BCUT2D eigenvalue weighted by atomic mass is 35.5. The molecule has 0 saturated carbocycles. The fraction of sp³-hybridized carbons (Fsp3) is 0.100. The Labute approximate surface area is 150 Å². The average molecular weight is 356 g/mol. The summed E-state index contributed by atoms with van der Waals surface area (Å²) in [5, 5.41) is 1.90. The molecular weight excluding hydrogens is 341 g/mol. The van der Waals surface area contributed by atoms with E-state index in [1.54, 1.807) is 37.3 Å². The van der Waals surface area contributed by atoms with Crippen LogP contribution in [-0.4, -0.2) is 10.8 Å². The fourth-order valence-corrected chi connectivity index (χ4v) is 2.92. The lowest BCUT2D eigenvalue weighted by atomic mass is 10.0. The van der Waals surface area contributed by atoms with Crippen LogP contribution in [0.3, 0.4) is 0 Å². The molecule has 0 saturated heterocycles. The van der Waals surface area contributed by atoms with E-state index >= 15 is 0 Å². The Bertz CT molecular complexity index is 977. The smallest absolute Gasteiger partial charge is 0.188 e. The summed E-state index contributed by atoms with van der Waals surface area (Å²) in [6, 6.07) is 14.9. The van der Waals surface area contributed by atoms with Gasteiger partial charge >= 0.3 is 0 Å². The second-order valence-electron chi connectivity index (χ2n) is 5.73. The molecule has 0 aliphatic heterocycles. The van der Waals surface area contributed by atoms with Crippen molar-refractivity contribution in [3.8, 4) is 0 Å². The number of hydrogen-bond acceptors (Lipinski definition) is 2. The standard InChI is InChI=1S/C20H15Cl2NO/c1-12-6-7-14-10-16(20(22)23-18(14)8-12)9-13(2)19(24)15-4-3-5-17(21)11-15/h3-11H,1-2H3/b13-9+. The molecule has 0 atom stereocenters. The van der Waals surface area contributed by atoms with Gasteiger partial charge in [0.15, 0.2) is 5.78 Å². The van der Waals surface area contributed by atoms with Gasteiger partial charge in [0, 0.05) is 21.5 Å². The maximum atomic E-state index is 12.5. The normalized spacial score (nSPS) is 11.8. The van der Waals surface area contributed by atoms with Crippen LogP contribution in [0.2, 0.25) is 10.2 Å². The number of benzene rings is 2. The van der Waals surface area contributed by atoms with Gasteiger partial charge in [-0.2, -0.15) is 0 Å². The fourth-order valence-electron chi connectivity index (χ4n) is 2.53. The van der Waals surface area contributed by atoms with Gasteiger partial charge in [0.1, 0.15) is 5.15 Å². The number of Topliss-reactive ketones (excluding diaryl/α,β-unsaturated/α-hetero) is 1. The molecule has 0 spiro atoms. The van der Waals surface area contributed by atoms with Crippen molar-refractivity contribution < 1.29 is 4.79 Å². The highest BCUT2D eigenvalue weighted by Crippen LogP contribution is 2.24. The Balaban J connectivity index is 2.00. The summed E-state index contributed by atoms with van der Waals surface area (Å²) in [4.78, 5) is 17.0. The Morgan fingerprint density at radius 3 is 2.62 bits per heavy atom.